The van der Waals surface area contributed by atoms with E-state index in [2.05, 4.69) is 5.32 Å². The molecule has 1 N–H and O–H groups in total. The van der Waals surface area contributed by atoms with Crippen LogP contribution in [0.25, 0.3) is 0 Å². The van der Waals surface area contributed by atoms with Crippen molar-refractivity contribution in [3.05, 3.63) is 23.8 Å². The standard InChI is InChI=1S/C15H23NO4/c1-5-18-14-9-12(10-16-4)7-8-13(14)20-11(3)15(17)19-6-2/h7-9,11,16H,5-6,10H2,1-4H3. The zero-order chi connectivity index (χ0) is 15.0. The van der Waals surface area contributed by atoms with Crippen molar-refractivity contribution >= 4 is 5.97 Å². The fraction of sp³-hybridized carbons (Fsp3) is 0.533. The van der Waals surface area contributed by atoms with Gasteiger partial charge in [-0.05, 0) is 45.5 Å². The molecule has 0 saturated carbocycles. The second-order valence-electron chi connectivity index (χ2n) is 4.26. The summed E-state index contributed by atoms with van der Waals surface area (Å²) in [4.78, 5) is 11.6. The van der Waals surface area contributed by atoms with Crippen LogP contribution in [0.2, 0.25) is 0 Å². The van der Waals surface area contributed by atoms with Crippen molar-refractivity contribution in [2.45, 2.75) is 33.4 Å². The maximum Gasteiger partial charge on any atom is 0.347 e. The monoisotopic (exact) mass is 281 g/mol. The van der Waals surface area contributed by atoms with Crippen LogP contribution in [0.5, 0.6) is 11.5 Å². The third-order valence-electron chi connectivity index (χ3n) is 2.61. The third kappa shape index (κ3) is 4.74. The number of carbonyl (C=O) groups excluding carboxylic acids is 1. The largest absolute Gasteiger partial charge is 0.490 e. The Kier molecular flexibility index (Phi) is 6.87. The number of nitrogens with one attached hydrogen (secondary N) is 1. The van der Waals surface area contributed by atoms with Gasteiger partial charge < -0.3 is 19.5 Å². The molecule has 1 unspecified atom stereocenters. The molecule has 0 aliphatic rings. The van der Waals surface area contributed by atoms with Crippen molar-refractivity contribution in [3.8, 4) is 11.5 Å². The second kappa shape index (κ2) is 8.43. The number of ether oxygens (including phenoxy) is 3. The van der Waals surface area contributed by atoms with Gasteiger partial charge in [0.15, 0.2) is 17.6 Å². The Balaban J connectivity index is 2.84. The molecule has 1 atom stereocenters. The number of carbonyl (C=O) groups is 1. The van der Waals surface area contributed by atoms with E-state index in [1.54, 1.807) is 13.8 Å². The summed E-state index contributed by atoms with van der Waals surface area (Å²) in [5.41, 5.74) is 1.09. The summed E-state index contributed by atoms with van der Waals surface area (Å²) in [6.45, 7) is 6.95. The molecule has 20 heavy (non-hydrogen) atoms. The molecule has 112 valence electrons. The zero-order valence-electron chi connectivity index (χ0n) is 12.6. The Labute approximate surface area is 120 Å². The van der Waals surface area contributed by atoms with Crippen molar-refractivity contribution in [2.24, 2.45) is 0 Å². The van der Waals surface area contributed by atoms with Crippen LogP contribution in [0.1, 0.15) is 26.3 Å². The SMILES string of the molecule is CCOC(=O)C(C)Oc1ccc(CNC)cc1OCC. The summed E-state index contributed by atoms with van der Waals surface area (Å²) in [5, 5.41) is 3.08. The number of benzene rings is 1. The Morgan fingerprint density at radius 1 is 1.25 bits per heavy atom. The van der Waals surface area contributed by atoms with E-state index >= 15 is 0 Å². The lowest BCUT2D eigenvalue weighted by Crippen LogP contribution is -2.26. The summed E-state index contributed by atoms with van der Waals surface area (Å²) in [5.74, 6) is 0.804. The van der Waals surface area contributed by atoms with Gasteiger partial charge in [-0.2, -0.15) is 0 Å². The van der Waals surface area contributed by atoms with E-state index < -0.39 is 6.10 Å². The molecule has 0 saturated heterocycles. The van der Waals surface area contributed by atoms with Gasteiger partial charge in [-0.1, -0.05) is 6.07 Å². The Morgan fingerprint density at radius 3 is 2.60 bits per heavy atom. The maximum absolute atomic E-state index is 11.6. The Bertz CT molecular complexity index is 434. The maximum atomic E-state index is 11.6. The highest BCUT2D eigenvalue weighted by molar-refractivity contribution is 5.74. The lowest BCUT2D eigenvalue weighted by atomic mass is 10.2. The topological polar surface area (TPSA) is 56.8 Å². The highest BCUT2D eigenvalue weighted by Crippen LogP contribution is 2.29. The molecule has 0 fully saturated rings. The average molecular weight is 281 g/mol. The lowest BCUT2D eigenvalue weighted by Gasteiger charge is -2.17. The summed E-state index contributed by atoms with van der Waals surface area (Å²) in [6.07, 6.45) is -0.663. The molecule has 0 spiro atoms. The van der Waals surface area contributed by atoms with E-state index in [4.69, 9.17) is 14.2 Å². The molecule has 0 aromatic heterocycles. The van der Waals surface area contributed by atoms with E-state index in [1.165, 1.54) is 0 Å². The molecular weight excluding hydrogens is 258 g/mol. The van der Waals surface area contributed by atoms with Crippen molar-refractivity contribution in [1.82, 2.24) is 5.32 Å². The quantitative estimate of drug-likeness (QED) is 0.740. The molecule has 1 aromatic rings. The Morgan fingerprint density at radius 2 is 2.00 bits per heavy atom. The number of hydrogen-bond acceptors (Lipinski definition) is 5. The van der Waals surface area contributed by atoms with Crippen LogP contribution in [0.15, 0.2) is 18.2 Å². The molecule has 1 rings (SSSR count). The van der Waals surface area contributed by atoms with Crippen LogP contribution < -0.4 is 14.8 Å². The predicted molar refractivity (Wildman–Crippen MR) is 77.1 cm³/mol. The first-order valence-corrected chi connectivity index (χ1v) is 6.85. The van der Waals surface area contributed by atoms with E-state index in [-0.39, 0.29) is 5.97 Å². The van der Waals surface area contributed by atoms with Crippen LogP contribution in [0.3, 0.4) is 0 Å². The predicted octanol–water partition coefficient (Wildman–Crippen LogP) is 2.14. The second-order valence-corrected chi connectivity index (χ2v) is 4.26. The van der Waals surface area contributed by atoms with Crippen LogP contribution in [-0.2, 0) is 16.1 Å². The van der Waals surface area contributed by atoms with Gasteiger partial charge in [0.1, 0.15) is 0 Å². The first kappa shape index (κ1) is 16.3. The van der Waals surface area contributed by atoms with Crippen molar-refractivity contribution < 1.29 is 19.0 Å². The summed E-state index contributed by atoms with van der Waals surface area (Å²) < 4.78 is 16.1. The van der Waals surface area contributed by atoms with Gasteiger partial charge >= 0.3 is 5.97 Å². The molecule has 0 bridgehead atoms. The molecule has 5 nitrogen and oxygen atoms in total. The Hall–Kier alpha value is -1.75. The summed E-state index contributed by atoms with van der Waals surface area (Å²) in [7, 11) is 1.88. The van der Waals surface area contributed by atoms with Gasteiger partial charge in [0.25, 0.3) is 0 Å². The van der Waals surface area contributed by atoms with E-state index in [1.807, 2.05) is 32.2 Å². The minimum atomic E-state index is -0.663. The molecule has 0 heterocycles. The van der Waals surface area contributed by atoms with Gasteiger partial charge in [0.05, 0.1) is 13.2 Å². The van der Waals surface area contributed by atoms with E-state index in [0.29, 0.717) is 24.7 Å². The average Bonchev–Trinajstić information content (AvgIpc) is 2.42. The summed E-state index contributed by atoms with van der Waals surface area (Å²) in [6, 6.07) is 5.66. The molecule has 0 amide bonds. The first-order chi connectivity index (χ1) is 9.62. The molecular formula is C15H23NO4. The van der Waals surface area contributed by atoms with Crippen molar-refractivity contribution in [2.75, 3.05) is 20.3 Å². The zero-order valence-corrected chi connectivity index (χ0v) is 12.6. The minimum absolute atomic E-state index is 0.339. The first-order valence-electron chi connectivity index (χ1n) is 6.85. The molecule has 0 aliphatic heterocycles. The van der Waals surface area contributed by atoms with Gasteiger partial charge in [-0.15, -0.1) is 0 Å². The molecule has 0 aliphatic carbocycles. The normalized spacial score (nSPS) is 11.8. The number of hydrogen-bond donors (Lipinski definition) is 1. The van der Waals surface area contributed by atoms with Gasteiger partial charge in [0, 0.05) is 6.54 Å². The highest BCUT2D eigenvalue weighted by Gasteiger charge is 2.18. The van der Waals surface area contributed by atoms with Crippen LogP contribution >= 0.6 is 0 Å². The smallest absolute Gasteiger partial charge is 0.347 e. The molecule has 0 radical (unpaired) electrons. The van der Waals surface area contributed by atoms with Crippen molar-refractivity contribution in [1.29, 1.82) is 0 Å². The highest BCUT2D eigenvalue weighted by atomic mass is 16.6. The molecule has 1 aromatic carbocycles. The van der Waals surface area contributed by atoms with Crippen LogP contribution in [-0.4, -0.2) is 32.3 Å². The van der Waals surface area contributed by atoms with Crippen LogP contribution in [0, 0.1) is 0 Å². The number of esters is 1. The van der Waals surface area contributed by atoms with Gasteiger partial charge in [-0.25, -0.2) is 4.79 Å². The fourth-order valence-electron chi connectivity index (χ4n) is 1.73. The van der Waals surface area contributed by atoms with E-state index in [9.17, 15) is 4.79 Å². The van der Waals surface area contributed by atoms with Gasteiger partial charge in [-0.3, -0.25) is 0 Å². The fourth-order valence-corrected chi connectivity index (χ4v) is 1.73. The summed E-state index contributed by atoms with van der Waals surface area (Å²) >= 11 is 0. The third-order valence-corrected chi connectivity index (χ3v) is 2.61. The molecule has 5 heteroatoms. The van der Waals surface area contributed by atoms with Crippen molar-refractivity contribution in [3.63, 3.8) is 0 Å². The lowest BCUT2D eigenvalue weighted by molar-refractivity contribution is -0.150. The van der Waals surface area contributed by atoms with Crippen LogP contribution in [0.4, 0.5) is 0 Å². The number of rotatable bonds is 8. The van der Waals surface area contributed by atoms with E-state index in [0.717, 1.165) is 12.1 Å². The minimum Gasteiger partial charge on any atom is -0.490 e. The van der Waals surface area contributed by atoms with Gasteiger partial charge in [0.2, 0.25) is 0 Å².